The van der Waals surface area contributed by atoms with Crippen molar-refractivity contribution in [3.05, 3.63) is 29.3 Å². The normalized spacial score (nSPS) is 17.6. The van der Waals surface area contributed by atoms with E-state index in [1.807, 2.05) is 0 Å². The van der Waals surface area contributed by atoms with E-state index >= 15 is 0 Å². The Bertz CT molecular complexity index is 552. The number of aromatic carboxylic acids is 1. The van der Waals surface area contributed by atoms with Gasteiger partial charge in [0.1, 0.15) is 6.07 Å². The molecule has 1 saturated heterocycles. The molecule has 106 valence electrons. The molecule has 0 atom stereocenters. The third kappa shape index (κ3) is 2.77. The molecule has 2 rings (SSSR count). The van der Waals surface area contributed by atoms with Gasteiger partial charge in [0.05, 0.1) is 16.8 Å². The van der Waals surface area contributed by atoms with Crippen LogP contribution >= 0.6 is 0 Å². The molecule has 0 spiro atoms. The molecule has 0 bridgehead atoms. The average molecular weight is 272 g/mol. The summed E-state index contributed by atoms with van der Waals surface area (Å²) in [5, 5.41) is 18.2. The van der Waals surface area contributed by atoms with E-state index < -0.39 is 5.97 Å². The highest BCUT2D eigenvalue weighted by atomic mass is 16.4. The summed E-state index contributed by atoms with van der Waals surface area (Å²) in [6.07, 6.45) is 3.38. The van der Waals surface area contributed by atoms with Crippen molar-refractivity contribution < 1.29 is 9.90 Å². The van der Waals surface area contributed by atoms with Gasteiger partial charge in [-0.05, 0) is 36.5 Å². The highest BCUT2D eigenvalue weighted by molar-refractivity contribution is 5.89. The first kappa shape index (κ1) is 14.4. The molecular weight excluding hydrogens is 252 g/mol. The van der Waals surface area contributed by atoms with E-state index in [4.69, 9.17) is 5.11 Å². The second-order valence-corrected chi connectivity index (χ2v) is 5.80. The maximum Gasteiger partial charge on any atom is 0.335 e. The molecule has 1 fully saturated rings. The topological polar surface area (TPSA) is 64.3 Å². The van der Waals surface area contributed by atoms with Crippen molar-refractivity contribution in [3.8, 4) is 6.07 Å². The molecule has 4 nitrogen and oxygen atoms in total. The Hall–Kier alpha value is -2.02. The predicted octanol–water partition coefficient (Wildman–Crippen LogP) is 3.27. The number of rotatable bonds is 3. The molecule has 0 unspecified atom stereocenters. The van der Waals surface area contributed by atoms with Gasteiger partial charge >= 0.3 is 5.97 Å². The van der Waals surface area contributed by atoms with E-state index in [0.29, 0.717) is 11.0 Å². The third-order valence-electron chi connectivity index (χ3n) is 4.53. The van der Waals surface area contributed by atoms with Gasteiger partial charge in [-0.25, -0.2) is 4.79 Å². The second-order valence-electron chi connectivity index (χ2n) is 5.80. The molecule has 0 aliphatic carbocycles. The summed E-state index contributed by atoms with van der Waals surface area (Å²) in [6, 6.07) is 6.92. The lowest BCUT2D eigenvalue weighted by molar-refractivity contribution is 0.0697. The summed E-state index contributed by atoms with van der Waals surface area (Å²) in [5.74, 6) is -0.995. The SMILES string of the molecule is CCC1(C)CCN(c2ccc(C(=O)O)cc2C#N)CC1. The molecule has 1 N–H and O–H groups in total. The van der Waals surface area contributed by atoms with Crippen LogP contribution in [-0.4, -0.2) is 24.2 Å². The molecule has 1 aromatic carbocycles. The summed E-state index contributed by atoms with van der Waals surface area (Å²) >= 11 is 0. The van der Waals surface area contributed by atoms with E-state index in [0.717, 1.165) is 31.6 Å². The molecule has 1 aliphatic heterocycles. The van der Waals surface area contributed by atoms with Crippen LogP contribution in [0.1, 0.15) is 49.0 Å². The Kier molecular flexibility index (Phi) is 3.99. The monoisotopic (exact) mass is 272 g/mol. The number of nitrogens with zero attached hydrogens (tertiary/aromatic N) is 2. The fourth-order valence-corrected chi connectivity index (χ4v) is 2.68. The van der Waals surface area contributed by atoms with Gasteiger partial charge in [0.2, 0.25) is 0 Å². The highest BCUT2D eigenvalue weighted by Gasteiger charge is 2.29. The van der Waals surface area contributed by atoms with E-state index in [1.54, 1.807) is 12.1 Å². The lowest BCUT2D eigenvalue weighted by Crippen LogP contribution is -2.38. The molecule has 1 heterocycles. The summed E-state index contributed by atoms with van der Waals surface area (Å²) in [7, 11) is 0. The van der Waals surface area contributed by atoms with Crippen LogP contribution in [0.2, 0.25) is 0 Å². The first-order valence-electron chi connectivity index (χ1n) is 7.01. The molecule has 0 aromatic heterocycles. The fraction of sp³-hybridized carbons (Fsp3) is 0.500. The van der Waals surface area contributed by atoms with Gasteiger partial charge in [0.25, 0.3) is 0 Å². The third-order valence-corrected chi connectivity index (χ3v) is 4.53. The zero-order valence-corrected chi connectivity index (χ0v) is 12.0. The van der Waals surface area contributed by atoms with Crippen LogP contribution in [0.25, 0.3) is 0 Å². The summed E-state index contributed by atoms with van der Waals surface area (Å²) in [6.45, 7) is 6.37. The molecule has 0 radical (unpaired) electrons. The maximum absolute atomic E-state index is 11.0. The van der Waals surface area contributed by atoms with Crippen LogP contribution in [0.15, 0.2) is 18.2 Å². The molecule has 1 aromatic rings. The molecular formula is C16H20N2O2. The zero-order chi connectivity index (χ0) is 14.8. The van der Waals surface area contributed by atoms with Crippen LogP contribution in [0.5, 0.6) is 0 Å². The van der Waals surface area contributed by atoms with Crippen molar-refractivity contribution in [2.45, 2.75) is 33.1 Å². The molecule has 4 heteroatoms. The Morgan fingerprint density at radius 2 is 2.10 bits per heavy atom. The molecule has 0 amide bonds. The number of piperidine rings is 1. The zero-order valence-electron chi connectivity index (χ0n) is 12.0. The van der Waals surface area contributed by atoms with E-state index in [-0.39, 0.29) is 5.56 Å². The molecule has 0 saturated carbocycles. The van der Waals surface area contributed by atoms with E-state index in [9.17, 15) is 10.1 Å². The van der Waals surface area contributed by atoms with Crippen molar-refractivity contribution in [2.75, 3.05) is 18.0 Å². The minimum atomic E-state index is -0.995. The lowest BCUT2D eigenvalue weighted by Gasteiger charge is -2.40. The van der Waals surface area contributed by atoms with Gasteiger partial charge in [0, 0.05) is 13.1 Å². The van der Waals surface area contributed by atoms with Crippen LogP contribution in [0.4, 0.5) is 5.69 Å². The summed E-state index contributed by atoms with van der Waals surface area (Å²) in [5.41, 5.74) is 1.87. The number of carboxylic acid groups (broad SMARTS) is 1. The lowest BCUT2D eigenvalue weighted by atomic mass is 9.78. The van der Waals surface area contributed by atoms with Crippen molar-refractivity contribution in [1.82, 2.24) is 0 Å². The maximum atomic E-state index is 11.0. The first-order valence-corrected chi connectivity index (χ1v) is 7.01. The Morgan fingerprint density at radius 1 is 1.45 bits per heavy atom. The minimum absolute atomic E-state index is 0.167. The van der Waals surface area contributed by atoms with Crippen molar-refractivity contribution in [2.24, 2.45) is 5.41 Å². The van der Waals surface area contributed by atoms with Gasteiger partial charge < -0.3 is 10.0 Å². The van der Waals surface area contributed by atoms with E-state index in [2.05, 4.69) is 24.8 Å². The van der Waals surface area contributed by atoms with Crippen LogP contribution in [0, 0.1) is 16.7 Å². The standard InChI is InChI=1S/C16H20N2O2/c1-3-16(2)6-8-18(9-7-16)14-5-4-12(15(19)20)10-13(14)11-17/h4-5,10H,3,6-9H2,1-2H3,(H,19,20). The number of anilines is 1. The van der Waals surface area contributed by atoms with Crippen molar-refractivity contribution in [3.63, 3.8) is 0 Å². The van der Waals surface area contributed by atoms with Gasteiger partial charge in [-0.3, -0.25) is 0 Å². The molecule has 20 heavy (non-hydrogen) atoms. The quantitative estimate of drug-likeness (QED) is 0.917. The van der Waals surface area contributed by atoms with Gasteiger partial charge in [-0.15, -0.1) is 0 Å². The smallest absolute Gasteiger partial charge is 0.335 e. The fourth-order valence-electron chi connectivity index (χ4n) is 2.68. The van der Waals surface area contributed by atoms with Crippen LogP contribution < -0.4 is 4.90 Å². The number of benzene rings is 1. The highest BCUT2D eigenvalue weighted by Crippen LogP contribution is 2.36. The summed E-state index contributed by atoms with van der Waals surface area (Å²) < 4.78 is 0. The number of carboxylic acids is 1. The minimum Gasteiger partial charge on any atom is -0.478 e. The van der Waals surface area contributed by atoms with Crippen molar-refractivity contribution in [1.29, 1.82) is 5.26 Å². The second kappa shape index (κ2) is 5.54. The first-order chi connectivity index (χ1) is 9.49. The average Bonchev–Trinajstić information content (AvgIpc) is 2.47. The number of carbonyl (C=O) groups is 1. The summed E-state index contributed by atoms with van der Waals surface area (Å²) in [4.78, 5) is 13.2. The van der Waals surface area contributed by atoms with Gasteiger partial charge in [-0.1, -0.05) is 20.3 Å². The van der Waals surface area contributed by atoms with Gasteiger partial charge in [-0.2, -0.15) is 5.26 Å². The van der Waals surface area contributed by atoms with Crippen LogP contribution in [-0.2, 0) is 0 Å². The van der Waals surface area contributed by atoms with Crippen molar-refractivity contribution >= 4 is 11.7 Å². The number of hydrogen-bond donors (Lipinski definition) is 1. The number of hydrogen-bond acceptors (Lipinski definition) is 3. The number of nitriles is 1. The Morgan fingerprint density at radius 3 is 2.60 bits per heavy atom. The predicted molar refractivity (Wildman–Crippen MR) is 78.0 cm³/mol. The Labute approximate surface area is 119 Å². The molecule has 1 aliphatic rings. The van der Waals surface area contributed by atoms with Crippen LogP contribution in [0.3, 0.4) is 0 Å². The Balaban J connectivity index is 2.22. The largest absolute Gasteiger partial charge is 0.478 e. The van der Waals surface area contributed by atoms with E-state index in [1.165, 1.54) is 12.5 Å². The van der Waals surface area contributed by atoms with Gasteiger partial charge in [0.15, 0.2) is 0 Å².